The molecule has 2 fully saturated rings. The molecule has 2 rings (SSSR count). The summed E-state index contributed by atoms with van der Waals surface area (Å²) in [5.74, 6) is -0.445. The maximum atomic E-state index is 12.1. The molecule has 0 aromatic rings. The van der Waals surface area contributed by atoms with E-state index in [4.69, 9.17) is 23.7 Å². The quantitative estimate of drug-likeness (QED) is 0.0397. The van der Waals surface area contributed by atoms with Gasteiger partial charge in [0.2, 0.25) is 0 Å². The maximum absolute atomic E-state index is 12.1. The molecule has 11 atom stereocenters. The van der Waals surface area contributed by atoms with E-state index in [2.05, 4.69) is 19.1 Å². The van der Waals surface area contributed by atoms with Crippen molar-refractivity contribution >= 4 is 5.97 Å². The number of aliphatic hydroxyl groups is 8. The molecule has 14 heteroatoms. The van der Waals surface area contributed by atoms with Crippen molar-refractivity contribution in [3.8, 4) is 0 Å². The van der Waals surface area contributed by atoms with E-state index in [-0.39, 0.29) is 13.0 Å². The van der Waals surface area contributed by atoms with Crippen LogP contribution in [0, 0.1) is 0 Å². The van der Waals surface area contributed by atoms with Crippen molar-refractivity contribution in [1.29, 1.82) is 0 Å². The Morgan fingerprint density at radius 1 is 0.660 bits per heavy atom. The molecule has 0 spiro atoms. The van der Waals surface area contributed by atoms with Crippen molar-refractivity contribution in [2.24, 2.45) is 0 Å². The topological polar surface area (TPSA) is 225 Å². The van der Waals surface area contributed by atoms with E-state index in [0.29, 0.717) is 6.42 Å². The van der Waals surface area contributed by atoms with Gasteiger partial charge in [0.1, 0.15) is 61.5 Å². The van der Waals surface area contributed by atoms with Crippen molar-refractivity contribution in [2.45, 2.75) is 164 Å². The Bertz CT molecular complexity index is 844. The number of allylic oxidation sites excluding steroid dienone is 2. The zero-order chi connectivity index (χ0) is 34.6. The van der Waals surface area contributed by atoms with E-state index < -0.39 is 93.3 Å². The number of aliphatic hydroxyl groups excluding tert-OH is 8. The summed E-state index contributed by atoms with van der Waals surface area (Å²) in [5.41, 5.74) is 0. The lowest BCUT2D eigenvalue weighted by atomic mass is 9.98. The van der Waals surface area contributed by atoms with Crippen LogP contribution in [0.5, 0.6) is 0 Å². The highest BCUT2D eigenvalue weighted by Gasteiger charge is 2.47. The number of ether oxygens (including phenoxy) is 5. The molecule has 0 amide bonds. The highest BCUT2D eigenvalue weighted by Crippen LogP contribution is 2.26. The van der Waals surface area contributed by atoms with Crippen LogP contribution in [-0.2, 0) is 28.5 Å². The smallest absolute Gasteiger partial charge is 0.305 e. The maximum Gasteiger partial charge on any atom is 0.305 e. The third-order valence-electron chi connectivity index (χ3n) is 8.47. The van der Waals surface area contributed by atoms with Gasteiger partial charge in [0.25, 0.3) is 0 Å². The van der Waals surface area contributed by atoms with E-state index in [1.165, 1.54) is 38.5 Å². The largest absolute Gasteiger partial charge is 0.463 e. The van der Waals surface area contributed by atoms with Gasteiger partial charge >= 0.3 is 5.97 Å². The van der Waals surface area contributed by atoms with E-state index in [9.17, 15) is 45.6 Å². The molecule has 276 valence electrons. The number of esters is 1. The van der Waals surface area contributed by atoms with Crippen LogP contribution in [0.4, 0.5) is 0 Å². The van der Waals surface area contributed by atoms with E-state index in [1.54, 1.807) is 0 Å². The first kappa shape index (κ1) is 41.9. The highest BCUT2D eigenvalue weighted by molar-refractivity contribution is 5.69. The summed E-state index contributed by atoms with van der Waals surface area (Å²) >= 11 is 0. The second-order valence-electron chi connectivity index (χ2n) is 12.5. The van der Waals surface area contributed by atoms with Gasteiger partial charge in [-0.2, -0.15) is 0 Å². The Hall–Kier alpha value is -1.27. The first-order chi connectivity index (χ1) is 22.6. The minimum Gasteiger partial charge on any atom is -0.463 e. The molecule has 0 radical (unpaired) electrons. The normalized spacial score (nSPS) is 32.1. The fourth-order valence-electron chi connectivity index (χ4n) is 5.44. The highest BCUT2D eigenvalue weighted by atomic mass is 16.7. The predicted octanol–water partition coefficient (Wildman–Crippen LogP) is 0.569. The summed E-state index contributed by atoms with van der Waals surface area (Å²) < 4.78 is 26.6. The summed E-state index contributed by atoms with van der Waals surface area (Å²) in [5, 5.41) is 80.3. The zero-order valence-corrected chi connectivity index (χ0v) is 27.8. The molecular formula is C33H60O14. The van der Waals surface area contributed by atoms with Gasteiger partial charge in [-0.05, 0) is 32.1 Å². The minimum absolute atomic E-state index is 0.233. The predicted molar refractivity (Wildman–Crippen MR) is 169 cm³/mol. The van der Waals surface area contributed by atoms with Crippen molar-refractivity contribution in [3.05, 3.63) is 12.2 Å². The molecule has 14 nitrogen and oxygen atoms in total. The second kappa shape index (κ2) is 24.0. The zero-order valence-electron chi connectivity index (χ0n) is 27.8. The molecule has 8 N–H and O–H groups in total. The summed E-state index contributed by atoms with van der Waals surface area (Å²) in [6, 6.07) is 0. The monoisotopic (exact) mass is 680 g/mol. The van der Waals surface area contributed by atoms with Crippen LogP contribution in [0.3, 0.4) is 0 Å². The van der Waals surface area contributed by atoms with Crippen LogP contribution in [0.15, 0.2) is 12.2 Å². The van der Waals surface area contributed by atoms with Crippen LogP contribution < -0.4 is 0 Å². The molecule has 0 bridgehead atoms. The first-order valence-corrected chi connectivity index (χ1v) is 17.3. The standard InChI is InChI=1S/C33H60O14/c1-2-3-4-5-6-7-8-9-10-11-12-13-14-15-16-17-25(36)43-19-22(35)20-44-32-31(42)29(40)27(38)24(47-32)21-45-33-30(41)28(39)26(37)23(18-34)46-33/h9-10,22-24,26-35,37-42H,2-8,11-21H2,1H3/t22?,23-,24-,26+,27+,28+,29+,30-,31-,32-,33+/m1/s1. The number of rotatable bonds is 24. The first-order valence-electron chi connectivity index (χ1n) is 17.3. The SMILES string of the molecule is CCCCCCCCC=CCCCCCCCC(=O)OCC(O)CO[C@@H]1O[C@H](CO[C@H]2O[C@H](CO)[C@H](O)[C@H](O)[C@H]2O)[C@H](O)[C@H](O)[C@H]1O. The van der Waals surface area contributed by atoms with Gasteiger partial charge < -0.3 is 64.5 Å². The van der Waals surface area contributed by atoms with Crippen LogP contribution in [0.25, 0.3) is 0 Å². The fourth-order valence-corrected chi connectivity index (χ4v) is 5.44. The molecule has 2 aliphatic heterocycles. The molecule has 2 heterocycles. The average molecular weight is 681 g/mol. The molecule has 0 aromatic heterocycles. The average Bonchev–Trinajstić information content (AvgIpc) is 3.06. The molecular weight excluding hydrogens is 620 g/mol. The molecule has 0 aromatic carbocycles. The molecule has 1 unspecified atom stereocenters. The number of unbranched alkanes of at least 4 members (excludes halogenated alkanes) is 11. The van der Waals surface area contributed by atoms with E-state index >= 15 is 0 Å². The van der Waals surface area contributed by atoms with Gasteiger partial charge in [-0.25, -0.2) is 0 Å². The lowest BCUT2D eigenvalue weighted by Gasteiger charge is -2.42. The van der Waals surface area contributed by atoms with E-state index in [0.717, 1.165) is 38.5 Å². The van der Waals surface area contributed by atoms with E-state index in [1.807, 2.05) is 0 Å². The fraction of sp³-hybridized carbons (Fsp3) is 0.909. The Kier molecular flexibility index (Phi) is 21.4. The van der Waals surface area contributed by atoms with Crippen molar-refractivity contribution in [2.75, 3.05) is 26.4 Å². The Balaban J connectivity index is 1.57. The Labute approximate surface area is 278 Å². The van der Waals surface area contributed by atoms with Gasteiger partial charge in [0, 0.05) is 6.42 Å². The lowest BCUT2D eigenvalue weighted by molar-refractivity contribution is -0.332. The molecule has 2 saturated heterocycles. The minimum atomic E-state index is -1.72. The number of carbonyl (C=O) groups excluding carboxylic acids is 1. The lowest BCUT2D eigenvalue weighted by Crippen LogP contribution is -2.61. The summed E-state index contributed by atoms with van der Waals surface area (Å²) in [6.45, 7) is 0.287. The molecule has 2 aliphatic rings. The Morgan fingerprint density at radius 3 is 1.77 bits per heavy atom. The van der Waals surface area contributed by atoms with Gasteiger partial charge in [-0.3, -0.25) is 4.79 Å². The van der Waals surface area contributed by atoms with Gasteiger partial charge in [0.15, 0.2) is 12.6 Å². The van der Waals surface area contributed by atoms with Crippen molar-refractivity contribution in [3.63, 3.8) is 0 Å². The Morgan fingerprint density at radius 2 is 1.17 bits per heavy atom. The molecule has 0 saturated carbocycles. The van der Waals surface area contributed by atoms with Crippen LogP contribution >= 0.6 is 0 Å². The number of hydrogen-bond donors (Lipinski definition) is 8. The van der Waals surface area contributed by atoms with Gasteiger partial charge in [0.05, 0.1) is 19.8 Å². The van der Waals surface area contributed by atoms with Crippen molar-refractivity contribution in [1.82, 2.24) is 0 Å². The molecule has 47 heavy (non-hydrogen) atoms. The number of carbonyl (C=O) groups is 1. The molecule has 0 aliphatic carbocycles. The van der Waals surface area contributed by atoms with Crippen molar-refractivity contribution < 1.29 is 69.3 Å². The van der Waals surface area contributed by atoms with Crippen LogP contribution in [0.2, 0.25) is 0 Å². The number of hydrogen-bond acceptors (Lipinski definition) is 14. The van der Waals surface area contributed by atoms with Gasteiger partial charge in [-0.1, -0.05) is 70.4 Å². The second-order valence-corrected chi connectivity index (χ2v) is 12.5. The van der Waals surface area contributed by atoms with Crippen LogP contribution in [0.1, 0.15) is 96.8 Å². The van der Waals surface area contributed by atoms with Crippen LogP contribution in [-0.4, -0.2) is 141 Å². The summed E-state index contributed by atoms with van der Waals surface area (Å²) in [7, 11) is 0. The third-order valence-corrected chi connectivity index (χ3v) is 8.47. The summed E-state index contributed by atoms with van der Waals surface area (Å²) in [6.07, 6.45) is 3.00. The van der Waals surface area contributed by atoms with Gasteiger partial charge in [-0.15, -0.1) is 0 Å². The third kappa shape index (κ3) is 15.4. The summed E-state index contributed by atoms with van der Waals surface area (Å²) in [4.78, 5) is 12.1.